The van der Waals surface area contributed by atoms with Gasteiger partial charge in [-0.1, -0.05) is 200 Å². The molecule has 0 atom stereocenters. The first-order valence-electron chi connectivity index (χ1n) is 21.0. The standard InChI is InChI=1S/C58H37N3S/c1-6-17-38(18-7-1)40-29-31-42(32-30-40)48-36-53-55(57-54(48)47-28-16-27-46(56(47)62-57)41-21-10-3-11-22-41)49-35-45(39-19-8-2-9-20-39)33-34-52(49)61(53)58-59-50(43-23-12-4-13-24-43)37-51(60-58)44-25-14-5-15-26-44/h1-37H. The zero-order valence-corrected chi connectivity index (χ0v) is 34.4. The molecule has 0 fully saturated rings. The normalized spacial score (nSPS) is 11.5. The van der Waals surface area contributed by atoms with E-state index in [1.54, 1.807) is 0 Å². The van der Waals surface area contributed by atoms with Gasteiger partial charge in [-0.3, -0.25) is 4.57 Å². The minimum Gasteiger partial charge on any atom is -0.278 e. The maximum Gasteiger partial charge on any atom is 0.235 e. The van der Waals surface area contributed by atoms with Gasteiger partial charge in [0.2, 0.25) is 5.95 Å². The van der Waals surface area contributed by atoms with E-state index in [9.17, 15) is 0 Å². The third kappa shape index (κ3) is 6.11. The van der Waals surface area contributed by atoms with Crippen LogP contribution in [0.1, 0.15) is 0 Å². The molecule has 0 N–H and O–H groups in total. The van der Waals surface area contributed by atoms with Crippen LogP contribution in [-0.2, 0) is 0 Å². The summed E-state index contributed by atoms with van der Waals surface area (Å²) in [6.07, 6.45) is 0. The second-order valence-electron chi connectivity index (χ2n) is 15.7. The highest BCUT2D eigenvalue weighted by atomic mass is 32.1. The van der Waals surface area contributed by atoms with Crippen LogP contribution in [0.5, 0.6) is 0 Å². The average molecular weight is 808 g/mol. The van der Waals surface area contributed by atoms with Gasteiger partial charge in [0.15, 0.2) is 0 Å². The van der Waals surface area contributed by atoms with Crippen molar-refractivity contribution in [3.63, 3.8) is 0 Å². The summed E-state index contributed by atoms with van der Waals surface area (Å²) in [6, 6.07) is 80.3. The highest BCUT2D eigenvalue weighted by Gasteiger charge is 2.24. The summed E-state index contributed by atoms with van der Waals surface area (Å²) in [5, 5.41) is 4.88. The molecule has 0 spiro atoms. The van der Waals surface area contributed by atoms with E-state index in [-0.39, 0.29) is 0 Å². The molecule has 0 aliphatic carbocycles. The Morgan fingerprint density at radius 3 is 1.39 bits per heavy atom. The third-order valence-electron chi connectivity index (χ3n) is 12.0. The summed E-state index contributed by atoms with van der Waals surface area (Å²) in [4.78, 5) is 10.9. The third-order valence-corrected chi connectivity index (χ3v) is 13.3. The number of benzene rings is 9. The molecule has 3 nitrogen and oxygen atoms in total. The molecule has 0 aliphatic rings. The summed E-state index contributed by atoms with van der Waals surface area (Å²) in [6.45, 7) is 0. The molecule has 290 valence electrons. The quantitative estimate of drug-likeness (QED) is 0.161. The molecule has 12 aromatic rings. The van der Waals surface area contributed by atoms with Crippen molar-refractivity contribution in [2.24, 2.45) is 0 Å². The van der Waals surface area contributed by atoms with Crippen LogP contribution in [0.4, 0.5) is 0 Å². The smallest absolute Gasteiger partial charge is 0.235 e. The number of aromatic nitrogens is 3. The van der Waals surface area contributed by atoms with Crippen molar-refractivity contribution < 1.29 is 0 Å². The lowest BCUT2D eigenvalue weighted by molar-refractivity contribution is 0.996. The average Bonchev–Trinajstić information content (AvgIpc) is 3.91. The Labute approximate surface area is 363 Å². The Hall–Kier alpha value is -7.92. The van der Waals surface area contributed by atoms with Crippen molar-refractivity contribution in [1.82, 2.24) is 14.5 Å². The Kier molecular flexibility index (Phi) is 8.68. The highest BCUT2D eigenvalue weighted by molar-refractivity contribution is 7.27. The Morgan fingerprint density at radius 2 is 0.790 bits per heavy atom. The molecule has 3 aromatic heterocycles. The number of thiophene rings is 1. The van der Waals surface area contributed by atoms with Crippen molar-refractivity contribution in [1.29, 1.82) is 0 Å². The first kappa shape index (κ1) is 36.0. The molecule has 4 heteroatoms. The molecule has 9 aromatic carbocycles. The number of hydrogen-bond donors (Lipinski definition) is 0. The summed E-state index contributed by atoms with van der Waals surface area (Å²) in [5.41, 5.74) is 15.5. The molecule has 0 bridgehead atoms. The Bertz CT molecular complexity index is 3520. The van der Waals surface area contributed by atoms with Gasteiger partial charge in [-0.2, -0.15) is 0 Å². The molecule has 0 saturated carbocycles. The molecule has 0 saturated heterocycles. The monoisotopic (exact) mass is 807 g/mol. The van der Waals surface area contributed by atoms with Gasteiger partial charge in [-0.05, 0) is 68.8 Å². The van der Waals surface area contributed by atoms with Crippen LogP contribution in [0.25, 0.3) is 115 Å². The number of rotatable bonds is 7. The summed E-state index contributed by atoms with van der Waals surface area (Å²) in [5.74, 6) is 0.633. The van der Waals surface area contributed by atoms with Crippen LogP contribution in [0.3, 0.4) is 0 Å². The van der Waals surface area contributed by atoms with Crippen LogP contribution >= 0.6 is 11.3 Å². The summed E-state index contributed by atoms with van der Waals surface area (Å²) in [7, 11) is 0. The zero-order chi connectivity index (χ0) is 41.0. The number of nitrogens with zero attached hydrogens (tertiary/aromatic N) is 3. The molecular formula is C58H37N3S. The van der Waals surface area contributed by atoms with Crippen LogP contribution in [0.2, 0.25) is 0 Å². The molecule has 3 heterocycles. The molecule has 0 amide bonds. The minimum absolute atomic E-state index is 0.633. The SMILES string of the molecule is c1ccc(-c2ccc(-c3cc4c(c5cc(-c6ccccc6)ccc5n4-c4nc(-c5ccccc5)cc(-c5ccccc5)n4)c4sc5c(-c6ccccc6)cccc5c34)cc2)cc1. The topological polar surface area (TPSA) is 30.7 Å². The van der Waals surface area contributed by atoms with E-state index >= 15 is 0 Å². The van der Waals surface area contributed by atoms with E-state index in [1.807, 2.05) is 23.5 Å². The van der Waals surface area contributed by atoms with Crippen molar-refractivity contribution in [3.8, 4) is 73.0 Å². The van der Waals surface area contributed by atoms with Crippen molar-refractivity contribution >= 4 is 53.3 Å². The molecule has 0 aliphatic heterocycles. The molecule has 0 unspecified atom stereocenters. The van der Waals surface area contributed by atoms with E-state index in [2.05, 4.69) is 217 Å². The molecule has 62 heavy (non-hydrogen) atoms. The van der Waals surface area contributed by atoms with Gasteiger partial charge in [-0.25, -0.2) is 9.97 Å². The van der Waals surface area contributed by atoms with Crippen LogP contribution < -0.4 is 0 Å². The van der Waals surface area contributed by atoms with Gasteiger partial charge in [0.25, 0.3) is 0 Å². The zero-order valence-electron chi connectivity index (χ0n) is 33.6. The fourth-order valence-electron chi connectivity index (χ4n) is 9.08. The first-order valence-corrected chi connectivity index (χ1v) is 21.8. The van der Waals surface area contributed by atoms with Crippen LogP contribution in [0, 0.1) is 0 Å². The van der Waals surface area contributed by atoms with Crippen LogP contribution in [0.15, 0.2) is 224 Å². The van der Waals surface area contributed by atoms with Gasteiger partial charge < -0.3 is 0 Å². The maximum atomic E-state index is 5.43. The molecule has 0 radical (unpaired) electrons. The van der Waals surface area contributed by atoms with E-state index in [1.165, 1.54) is 69.9 Å². The predicted octanol–water partition coefficient (Wildman–Crippen LogP) is 15.9. The van der Waals surface area contributed by atoms with Crippen molar-refractivity contribution in [3.05, 3.63) is 224 Å². The van der Waals surface area contributed by atoms with Gasteiger partial charge in [0.1, 0.15) is 0 Å². The van der Waals surface area contributed by atoms with Gasteiger partial charge in [0, 0.05) is 42.1 Å². The number of hydrogen-bond acceptors (Lipinski definition) is 3. The second kappa shape index (κ2) is 15.0. The lowest BCUT2D eigenvalue weighted by Crippen LogP contribution is -2.04. The lowest BCUT2D eigenvalue weighted by atomic mass is 9.94. The predicted molar refractivity (Wildman–Crippen MR) is 262 cm³/mol. The number of fused-ring (bicyclic) bond motifs is 7. The summed E-state index contributed by atoms with van der Waals surface area (Å²) >= 11 is 1.89. The molecular weight excluding hydrogens is 771 g/mol. The van der Waals surface area contributed by atoms with E-state index in [4.69, 9.17) is 9.97 Å². The van der Waals surface area contributed by atoms with E-state index < -0.39 is 0 Å². The van der Waals surface area contributed by atoms with E-state index in [0.717, 1.165) is 39.1 Å². The van der Waals surface area contributed by atoms with E-state index in [0.29, 0.717) is 5.95 Å². The van der Waals surface area contributed by atoms with Crippen molar-refractivity contribution in [2.45, 2.75) is 0 Å². The summed E-state index contributed by atoms with van der Waals surface area (Å²) < 4.78 is 4.83. The lowest BCUT2D eigenvalue weighted by Gasteiger charge is -2.13. The fourth-order valence-corrected chi connectivity index (χ4v) is 10.5. The largest absolute Gasteiger partial charge is 0.278 e. The van der Waals surface area contributed by atoms with Crippen molar-refractivity contribution in [2.75, 3.05) is 0 Å². The van der Waals surface area contributed by atoms with Gasteiger partial charge in [0.05, 0.1) is 22.4 Å². The Morgan fingerprint density at radius 1 is 0.306 bits per heavy atom. The minimum atomic E-state index is 0.633. The molecule has 12 rings (SSSR count). The van der Waals surface area contributed by atoms with Gasteiger partial charge in [-0.15, -0.1) is 11.3 Å². The maximum absolute atomic E-state index is 5.43. The van der Waals surface area contributed by atoms with Gasteiger partial charge >= 0.3 is 0 Å². The highest BCUT2D eigenvalue weighted by Crippen LogP contribution is 2.50. The van der Waals surface area contributed by atoms with Crippen LogP contribution in [-0.4, -0.2) is 14.5 Å². The Balaban J connectivity index is 1.22. The second-order valence-corrected chi connectivity index (χ2v) is 16.7. The first-order chi connectivity index (χ1) is 30.7. The fraction of sp³-hybridized carbons (Fsp3) is 0.